The minimum Gasteiger partial charge on any atom is -0.358 e. The summed E-state index contributed by atoms with van der Waals surface area (Å²) in [4.78, 5) is 18.2. The van der Waals surface area contributed by atoms with Crippen LogP contribution in [0.4, 0.5) is 0 Å². The molecule has 19 heavy (non-hydrogen) atoms. The highest BCUT2D eigenvalue weighted by atomic mass is 16.5. The number of hydrogen-bond donors (Lipinski definition) is 1. The molecule has 0 radical (unpaired) electrons. The maximum Gasteiger partial charge on any atom is 0.240 e. The predicted molar refractivity (Wildman–Crippen MR) is 70.3 cm³/mol. The van der Waals surface area contributed by atoms with Crippen molar-refractivity contribution in [2.45, 2.75) is 45.7 Å². The highest BCUT2D eigenvalue weighted by Crippen LogP contribution is 2.19. The molecule has 106 valence electrons. The van der Waals surface area contributed by atoms with E-state index >= 15 is 0 Å². The van der Waals surface area contributed by atoms with Crippen LogP contribution in [-0.2, 0) is 17.8 Å². The monoisotopic (exact) mass is 266 g/mol. The van der Waals surface area contributed by atoms with Crippen molar-refractivity contribution in [1.82, 2.24) is 20.4 Å². The smallest absolute Gasteiger partial charge is 0.240 e. The maximum absolute atomic E-state index is 11.7. The number of nitrogens with zero attached hydrogens (tertiary/aromatic N) is 3. The zero-order chi connectivity index (χ0) is 13.8. The van der Waals surface area contributed by atoms with Crippen LogP contribution in [0.25, 0.3) is 0 Å². The van der Waals surface area contributed by atoms with Crippen molar-refractivity contribution in [1.29, 1.82) is 0 Å². The van der Waals surface area contributed by atoms with Crippen molar-refractivity contribution in [3.05, 3.63) is 11.7 Å². The van der Waals surface area contributed by atoms with Crippen LogP contribution in [0.3, 0.4) is 0 Å². The second kappa shape index (κ2) is 6.14. The molecule has 6 nitrogen and oxygen atoms in total. The highest BCUT2D eigenvalue weighted by Gasteiger charge is 2.31. The first kappa shape index (κ1) is 14.0. The molecule has 0 aliphatic carbocycles. The average Bonchev–Trinajstić information content (AvgIpc) is 2.98. The van der Waals surface area contributed by atoms with Gasteiger partial charge >= 0.3 is 0 Å². The molecule has 6 heteroatoms. The van der Waals surface area contributed by atoms with Crippen LogP contribution in [-0.4, -0.2) is 40.6 Å². The van der Waals surface area contributed by atoms with Gasteiger partial charge in [-0.25, -0.2) is 0 Å². The third-order valence-electron chi connectivity index (χ3n) is 3.35. The zero-order valence-corrected chi connectivity index (χ0v) is 11.8. The van der Waals surface area contributed by atoms with E-state index in [1.165, 1.54) is 0 Å². The number of aromatic nitrogens is 2. The van der Waals surface area contributed by atoms with E-state index < -0.39 is 0 Å². The van der Waals surface area contributed by atoms with Crippen LogP contribution < -0.4 is 5.32 Å². The lowest BCUT2D eigenvalue weighted by Crippen LogP contribution is -2.41. The number of amides is 1. The second-order valence-corrected chi connectivity index (χ2v) is 5.45. The molecule has 1 aromatic heterocycles. The van der Waals surface area contributed by atoms with Crippen LogP contribution in [0.2, 0.25) is 0 Å². The quantitative estimate of drug-likeness (QED) is 0.860. The van der Waals surface area contributed by atoms with E-state index in [0.717, 1.165) is 31.6 Å². The van der Waals surface area contributed by atoms with Gasteiger partial charge in [0, 0.05) is 13.5 Å². The Morgan fingerprint density at radius 3 is 3.05 bits per heavy atom. The topological polar surface area (TPSA) is 71.3 Å². The summed E-state index contributed by atoms with van der Waals surface area (Å²) in [5, 5.41) is 6.68. The van der Waals surface area contributed by atoms with Crippen LogP contribution in [0.1, 0.15) is 38.4 Å². The minimum absolute atomic E-state index is 0.0644. The van der Waals surface area contributed by atoms with Gasteiger partial charge in [-0.3, -0.25) is 9.69 Å². The fourth-order valence-corrected chi connectivity index (χ4v) is 2.46. The normalized spacial score (nSPS) is 20.1. The Morgan fingerprint density at radius 1 is 1.58 bits per heavy atom. The Kier molecular flexibility index (Phi) is 4.52. The number of likely N-dealkylation sites (N-methyl/N-ethyl adjacent to an activating group) is 1. The first-order chi connectivity index (χ1) is 9.10. The molecule has 1 N–H and O–H groups in total. The maximum atomic E-state index is 11.7. The van der Waals surface area contributed by atoms with Crippen molar-refractivity contribution in [2.75, 3.05) is 13.6 Å². The summed E-state index contributed by atoms with van der Waals surface area (Å²) in [5.41, 5.74) is 0. The van der Waals surface area contributed by atoms with Gasteiger partial charge in [-0.1, -0.05) is 19.0 Å². The largest absolute Gasteiger partial charge is 0.358 e. The van der Waals surface area contributed by atoms with E-state index in [-0.39, 0.29) is 11.9 Å². The van der Waals surface area contributed by atoms with Crippen molar-refractivity contribution in [3.63, 3.8) is 0 Å². The van der Waals surface area contributed by atoms with E-state index in [0.29, 0.717) is 18.4 Å². The van der Waals surface area contributed by atoms with E-state index in [2.05, 4.69) is 34.2 Å². The first-order valence-corrected chi connectivity index (χ1v) is 6.87. The zero-order valence-electron chi connectivity index (χ0n) is 11.8. The van der Waals surface area contributed by atoms with Gasteiger partial charge in [-0.15, -0.1) is 0 Å². The fraction of sp³-hybridized carbons (Fsp3) is 0.769. The van der Waals surface area contributed by atoms with Gasteiger partial charge < -0.3 is 9.84 Å². The Hall–Kier alpha value is -1.43. The molecule has 1 fully saturated rings. The van der Waals surface area contributed by atoms with Crippen molar-refractivity contribution < 1.29 is 9.32 Å². The number of nitrogens with one attached hydrogen (secondary N) is 1. The lowest BCUT2D eigenvalue weighted by atomic mass is 10.1. The van der Waals surface area contributed by atoms with Crippen molar-refractivity contribution in [3.8, 4) is 0 Å². The lowest BCUT2D eigenvalue weighted by molar-refractivity contribution is -0.125. The molecule has 1 aliphatic heterocycles. The van der Waals surface area contributed by atoms with Crippen LogP contribution >= 0.6 is 0 Å². The summed E-state index contributed by atoms with van der Waals surface area (Å²) < 4.78 is 5.25. The molecule has 0 spiro atoms. The number of carbonyl (C=O) groups excluding carboxylic acids is 1. The number of rotatable bonds is 5. The third-order valence-corrected chi connectivity index (χ3v) is 3.35. The molecule has 1 aliphatic rings. The Bertz CT molecular complexity index is 430. The summed E-state index contributed by atoms with van der Waals surface area (Å²) in [5.74, 6) is 1.93. The van der Waals surface area contributed by atoms with Crippen molar-refractivity contribution in [2.24, 2.45) is 5.92 Å². The van der Waals surface area contributed by atoms with E-state index in [9.17, 15) is 4.79 Å². The highest BCUT2D eigenvalue weighted by molar-refractivity contribution is 5.81. The molecule has 1 amide bonds. The first-order valence-electron chi connectivity index (χ1n) is 6.87. The Balaban J connectivity index is 1.96. The molecule has 1 saturated heterocycles. The minimum atomic E-state index is -0.0644. The molecular formula is C13H22N4O2. The van der Waals surface area contributed by atoms with Gasteiger partial charge in [0.1, 0.15) is 0 Å². The number of hydrogen-bond acceptors (Lipinski definition) is 5. The average molecular weight is 266 g/mol. The predicted octanol–water partition coefficient (Wildman–Crippen LogP) is 0.978. The number of carbonyl (C=O) groups is 1. The molecule has 0 unspecified atom stereocenters. The van der Waals surface area contributed by atoms with Gasteiger partial charge in [-0.05, 0) is 25.3 Å². The van der Waals surface area contributed by atoms with Crippen molar-refractivity contribution >= 4 is 5.91 Å². The van der Waals surface area contributed by atoms with Gasteiger partial charge in [0.05, 0.1) is 12.6 Å². The van der Waals surface area contributed by atoms with Crippen LogP contribution in [0, 0.1) is 5.92 Å². The van der Waals surface area contributed by atoms with Gasteiger partial charge in [0.15, 0.2) is 5.82 Å². The molecule has 0 bridgehead atoms. The Morgan fingerprint density at radius 2 is 2.37 bits per heavy atom. The summed E-state index contributed by atoms with van der Waals surface area (Å²) >= 11 is 0. The summed E-state index contributed by atoms with van der Waals surface area (Å²) in [6, 6.07) is -0.0644. The molecule has 0 aromatic carbocycles. The third kappa shape index (κ3) is 3.53. The SMILES string of the molecule is CNC(=O)[C@@H]1CCCN1Cc1nc(CC(C)C)no1. The van der Waals surface area contributed by atoms with E-state index in [1.54, 1.807) is 7.05 Å². The van der Waals surface area contributed by atoms with E-state index in [4.69, 9.17) is 4.52 Å². The molecular weight excluding hydrogens is 244 g/mol. The lowest BCUT2D eigenvalue weighted by Gasteiger charge is -2.20. The van der Waals surface area contributed by atoms with Gasteiger partial charge in [-0.2, -0.15) is 4.98 Å². The van der Waals surface area contributed by atoms with E-state index in [1.807, 2.05) is 0 Å². The van der Waals surface area contributed by atoms with Gasteiger partial charge in [0.2, 0.25) is 11.8 Å². The Labute approximate surface area is 113 Å². The number of likely N-dealkylation sites (tertiary alicyclic amines) is 1. The molecule has 2 heterocycles. The summed E-state index contributed by atoms with van der Waals surface area (Å²) in [6.45, 7) is 5.71. The molecule has 2 rings (SSSR count). The summed E-state index contributed by atoms with van der Waals surface area (Å²) in [6.07, 6.45) is 2.75. The standard InChI is InChI=1S/C13H22N4O2/c1-9(2)7-11-15-12(19-16-11)8-17-6-4-5-10(17)13(18)14-3/h9-10H,4-8H2,1-3H3,(H,14,18)/t10-/m0/s1. The van der Waals surface area contributed by atoms with Crippen LogP contribution in [0.5, 0.6) is 0 Å². The molecule has 1 aromatic rings. The molecule has 1 atom stereocenters. The second-order valence-electron chi connectivity index (χ2n) is 5.45. The summed E-state index contributed by atoms with van der Waals surface area (Å²) in [7, 11) is 1.67. The molecule has 0 saturated carbocycles. The van der Waals surface area contributed by atoms with Gasteiger partial charge in [0.25, 0.3) is 0 Å². The fourth-order valence-electron chi connectivity index (χ4n) is 2.46. The van der Waals surface area contributed by atoms with Crippen LogP contribution in [0.15, 0.2) is 4.52 Å².